The van der Waals surface area contributed by atoms with Crippen molar-refractivity contribution in [2.24, 2.45) is 9.98 Å². The highest BCUT2D eigenvalue weighted by atomic mass is 16.2. The molecule has 2 aliphatic heterocycles. The van der Waals surface area contributed by atoms with Gasteiger partial charge in [-0.05, 0) is 42.3 Å². The molecule has 0 bridgehead atoms. The quantitative estimate of drug-likeness (QED) is 0.854. The van der Waals surface area contributed by atoms with Crippen LogP contribution >= 0.6 is 0 Å². The molecular formula is C17H13N3O. The van der Waals surface area contributed by atoms with Crippen LogP contribution in [0.2, 0.25) is 0 Å². The second-order valence-corrected chi connectivity index (χ2v) is 5.32. The zero-order chi connectivity index (χ0) is 14.4. The predicted molar refractivity (Wildman–Crippen MR) is 83.7 cm³/mol. The lowest BCUT2D eigenvalue weighted by Crippen LogP contribution is -2.13. The molecule has 0 saturated heterocycles. The Bertz CT molecular complexity index is 834. The van der Waals surface area contributed by atoms with Crippen molar-refractivity contribution in [1.29, 1.82) is 0 Å². The van der Waals surface area contributed by atoms with E-state index in [0.717, 1.165) is 34.6 Å². The van der Waals surface area contributed by atoms with Crippen LogP contribution in [0.5, 0.6) is 0 Å². The molecule has 4 rings (SSSR count). The zero-order valence-electron chi connectivity index (χ0n) is 11.6. The van der Waals surface area contributed by atoms with Crippen molar-refractivity contribution >= 4 is 29.2 Å². The summed E-state index contributed by atoms with van der Waals surface area (Å²) in [5, 5.41) is 2.85. The smallest absolute Gasteiger partial charge is 0.275 e. The van der Waals surface area contributed by atoms with Crippen molar-refractivity contribution in [3.8, 4) is 0 Å². The van der Waals surface area contributed by atoms with Crippen LogP contribution in [0.25, 0.3) is 0 Å². The van der Waals surface area contributed by atoms with Crippen LogP contribution in [0.1, 0.15) is 22.3 Å². The van der Waals surface area contributed by atoms with E-state index in [1.54, 1.807) is 0 Å². The number of anilines is 1. The first kappa shape index (κ1) is 12.0. The molecule has 0 fully saturated rings. The van der Waals surface area contributed by atoms with Crippen LogP contribution in [0, 0.1) is 6.92 Å². The maximum absolute atomic E-state index is 12.1. The minimum Gasteiger partial charge on any atom is -0.320 e. The molecule has 102 valence electrons. The van der Waals surface area contributed by atoms with Crippen LogP contribution in [0.15, 0.2) is 46.4 Å². The van der Waals surface area contributed by atoms with E-state index in [1.807, 2.05) is 49.5 Å². The molecule has 0 unspecified atom stereocenters. The molecule has 4 nitrogen and oxygen atoms in total. The summed E-state index contributed by atoms with van der Waals surface area (Å²) >= 11 is 0. The first-order valence-electron chi connectivity index (χ1n) is 6.84. The van der Waals surface area contributed by atoms with Crippen molar-refractivity contribution < 1.29 is 4.79 Å². The highest BCUT2D eigenvalue weighted by Crippen LogP contribution is 2.28. The maximum atomic E-state index is 12.1. The third kappa shape index (κ3) is 1.96. The summed E-state index contributed by atoms with van der Waals surface area (Å²) < 4.78 is 0. The van der Waals surface area contributed by atoms with Crippen molar-refractivity contribution in [1.82, 2.24) is 0 Å². The van der Waals surface area contributed by atoms with Crippen LogP contribution in [-0.4, -0.2) is 17.8 Å². The predicted octanol–water partition coefficient (Wildman–Crippen LogP) is 3.00. The molecular weight excluding hydrogens is 262 g/mol. The largest absolute Gasteiger partial charge is 0.320 e. The third-order valence-electron chi connectivity index (χ3n) is 3.76. The number of aryl methyl sites for hydroxylation is 1. The van der Waals surface area contributed by atoms with Crippen molar-refractivity contribution in [3.63, 3.8) is 0 Å². The Morgan fingerprint density at radius 3 is 3.00 bits per heavy atom. The molecule has 1 N–H and O–H groups in total. The van der Waals surface area contributed by atoms with Gasteiger partial charge in [-0.25, -0.2) is 4.99 Å². The number of fused-ring (bicyclic) bond motifs is 2. The fourth-order valence-electron chi connectivity index (χ4n) is 2.67. The Morgan fingerprint density at radius 2 is 2.10 bits per heavy atom. The molecule has 21 heavy (non-hydrogen) atoms. The summed E-state index contributed by atoms with van der Waals surface area (Å²) in [5.41, 5.74) is 6.34. The van der Waals surface area contributed by atoms with Gasteiger partial charge >= 0.3 is 0 Å². The van der Waals surface area contributed by atoms with Crippen molar-refractivity contribution in [2.45, 2.75) is 13.5 Å². The van der Waals surface area contributed by atoms with E-state index >= 15 is 0 Å². The second-order valence-electron chi connectivity index (χ2n) is 5.32. The van der Waals surface area contributed by atoms with Crippen LogP contribution in [-0.2, 0) is 11.3 Å². The number of carbonyl (C=O) groups excluding carboxylic acids is 1. The molecule has 1 amide bonds. The van der Waals surface area contributed by atoms with E-state index in [-0.39, 0.29) is 5.91 Å². The van der Waals surface area contributed by atoms with E-state index < -0.39 is 0 Å². The molecule has 0 atom stereocenters. The average molecular weight is 275 g/mol. The lowest BCUT2D eigenvalue weighted by Gasteiger charge is -2.01. The molecule has 2 aromatic carbocycles. The fraction of sp³-hybridized carbons (Fsp3) is 0.118. The highest BCUT2D eigenvalue weighted by Gasteiger charge is 2.25. The Morgan fingerprint density at radius 1 is 1.19 bits per heavy atom. The monoisotopic (exact) mass is 275 g/mol. The van der Waals surface area contributed by atoms with Gasteiger partial charge in [-0.1, -0.05) is 17.7 Å². The van der Waals surface area contributed by atoms with E-state index in [2.05, 4.69) is 15.3 Å². The van der Waals surface area contributed by atoms with E-state index in [1.165, 1.54) is 5.56 Å². The van der Waals surface area contributed by atoms with Crippen LogP contribution in [0.3, 0.4) is 0 Å². The molecule has 2 heterocycles. The number of amides is 1. The number of aliphatic imine (C=N–C) groups is 2. The van der Waals surface area contributed by atoms with Gasteiger partial charge in [0.2, 0.25) is 0 Å². The van der Waals surface area contributed by atoms with Crippen LogP contribution < -0.4 is 5.32 Å². The standard InChI is InChI=1S/C17H13N3O/c1-10-2-5-15-14(6-10)16(17(21)20-15)19-13-4-3-11-8-18-9-12(11)7-13/h2-7,9H,8H2,1H3,(H,19,20,21). The second kappa shape index (κ2) is 4.38. The maximum Gasteiger partial charge on any atom is 0.275 e. The molecule has 0 saturated carbocycles. The summed E-state index contributed by atoms with van der Waals surface area (Å²) in [6.07, 6.45) is 1.85. The molecule has 2 aromatic rings. The zero-order valence-corrected chi connectivity index (χ0v) is 11.6. The first-order valence-corrected chi connectivity index (χ1v) is 6.84. The van der Waals surface area contributed by atoms with Crippen molar-refractivity contribution in [2.75, 3.05) is 5.32 Å². The number of nitrogens with one attached hydrogen (secondary N) is 1. The van der Waals surface area contributed by atoms with Gasteiger partial charge in [0, 0.05) is 11.8 Å². The lowest BCUT2D eigenvalue weighted by molar-refractivity contribution is -0.110. The van der Waals surface area contributed by atoms with Crippen molar-refractivity contribution in [3.05, 3.63) is 58.7 Å². The molecule has 0 spiro atoms. The van der Waals surface area contributed by atoms with Gasteiger partial charge in [-0.15, -0.1) is 0 Å². The molecule has 0 aromatic heterocycles. The third-order valence-corrected chi connectivity index (χ3v) is 3.76. The van der Waals surface area contributed by atoms with Gasteiger partial charge < -0.3 is 5.32 Å². The molecule has 4 heteroatoms. The van der Waals surface area contributed by atoms with E-state index in [0.29, 0.717) is 5.71 Å². The Balaban J connectivity index is 1.81. The van der Waals surface area contributed by atoms with Gasteiger partial charge in [0.15, 0.2) is 0 Å². The fourth-order valence-corrected chi connectivity index (χ4v) is 2.67. The molecule has 0 aliphatic carbocycles. The summed E-state index contributed by atoms with van der Waals surface area (Å²) in [7, 11) is 0. The average Bonchev–Trinajstić information content (AvgIpc) is 3.04. The summed E-state index contributed by atoms with van der Waals surface area (Å²) in [6.45, 7) is 2.74. The summed E-state index contributed by atoms with van der Waals surface area (Å²) in [6, 6.07) is 11.8. The van der Waals surface area contributed by atoms with Gasteiger partial charge in [-0.2, -0.15) is 0 Å². The van der Waals surface area contributed by atoms with E-state index in [4.69, 9.17) is 0 Å². The molecule has 0 radical (unpaired) electrons. The minimum atomic E-state index is -0.148. The number of hydrogen-bond acceptors (Lipinski definition) is 3. The number of carbonyl (C=O) groups is 1. The lowest BCUT2D eigenvalue weighted by atomic mass is 10.1. The van der Waals surface area contributed by atoms with E-state index in [9.17, 15) is 4.79 Å². The highest BCUT2D eigenvalue weighted by molar-refractivity contribution is 6.54. The summed E-state index contributed by atoms with van der Waals surface area (Å²) in [4.78, 5) is 20.9. The first-order chi connectivity index (χ1) is 10.2. The van der Waals surface area contributed by atoms with Gasteiger partial charge in [-0.3, -0.25) is 9.79 Å². The number of benzene rings is 2. The molecule has 2 aliphatic rings. The Kier molecular flexibility index (Phi) is 2.51. The SMILES string of the molecule is Cc1ccc2c(c1)C(=Nc1ccc3c(c1)C=NC3)C(=O)N2. The van der Waals surface area contributed by atoms with Gasteiger partial charge in [0.25, 0.3) is 5.91 Å². The minimum absolute atomic E-state index is 0.148. The Labute approximate surface area is 122 Å². The topological polar surface area (TPSA) is 53.8 Å². The van der Waals surface area contributed by atoms with Gasteiger partial charge in [0.1, 0.15) is 5.71 Å². The Hall–Kier alpha value is -2.75. The van der Waals surface area contributed by atoms with Crippen LogP contribution in [0.4, 0.5) is 11.4 Å². The number of rotatable bonds is 1. The normalized spacial score (nSPS) is 17.0. The number of nitrogens with zero attached hydrogens (tertiary/aromatic N) is 2. The number of hydrogen-bond donors (Lipinski definition) is 1. The van der Waals surface area contributed by atoms with Gasteiger partial charge in [0.05, 0.1) is 17.9 Å². The summed E-state index contributed by atoms with van der Waals surface area (Å²) in [5.74, 6) is -0.148.